The maximum Gasteiger partial charge on any atom is 0.358 e. The van der Waals surface area contributed by atoms with Crippen LogP contribution in [0.3, 0.4) is 0 Å². The summed E-state index contributed by atoms with van der Waals surface area (Å²) in [6.45, 7) is 1.89. The van der Waals surface area contributed by atoms with E-state index >= 15 is 0 Å². The summed E-state index contributed by atoms with van der Waals surface area (Å²) >= 11 is 0. The third kappa shape index (κ3) is 2.74. The van der Waals surface area contributed by atoms with Gasteiger partial charge in [0.25, 0.3) is 0 Å². The molecule has 7 nitrogen and oxygen atoms in total. The van der Waals surface area contributed by atoms with Crippen molar-refractivity contribution in [3.05, 3.63) is 65.4 Å². The van der Waals surface area contributed by atoms with Crippen molar-refractivity contribution in [2.45, 2.75) is 6.92 Å². The summed E-state index contributed by atoms with van der Waals surface area (Å²) in [6.07, 6.45) is 0. The minimum absolute atomic E-state index is 0.0788. The fraction of sp³-hybridized carbons (Fsp3) is 0.0588. The Balaban J connectivity index is 2.25. The van der Waals surface area contributed by atoms with Crippen molar-refractivity contribution in [3.8, 4) is 16.9 Å². The normalized spacial score (nSPS) is 10.5. The molecule has 3 rings (SSSR count). The Hall–Kier alpha value is -3.48. The van der Waals surface area contributed by atoms with Crippen molar-refractivity contribution in [1.29, 1.82) is 0 Å². The average molecular weight is 323 g/mol. The number of nitrogens with zero attached hydrogens (tertiary/aromatic N) is 3. The second-order valence-corrected chi connectivity index (χ2v) is 5.23. The Labute approximate surface area is 136 Å². The van der Waals surface area contributed by atoms with Crippen molar-refractivity contribution >= 4 is 11.9 Å². The van der Waals surface area contributed by atoms with Gasteiger partial charge in [0, 0.05) is 5.56 Å². The molecular formula is C17H13N3O4. The Kier molecular flexibility index (Phi) is 3.83. The zero-order valence-corrected chi connectivity index (χ0v) is 12.7. The van der Waals surface area contributed by atoms with E-state index in [0.717, 1.165) is 5.56 Å². The molecule has 0 saturated heterocycles. The van der Waals surface area contributed by atoms with Crippen LogP contribution in [-0.2, 0) is 0 Å². The lowest BCUT2D eigenvalue weighted by atomic mass is 10.1. The summed E-state index contributed by atoms with van der Waals surface area (Å²) in [6, 6.07) is 13.4. The third-order valence-corrected chi connectivity index (χ3v) is 3.50. The fourth-order valence-electron chi connectivity index (χ4n) is 2.43. The van der Waals surface area contributed by atoms with Crippen LogP contribution in [0.5, 0.6) is 0 Å². The van der Waals surface area contributed by atoms with E-state index in [2.05, 4.69) is 10.3 Å². The molecule has 120 valence electrons. The molecule has 0 radical (unpaired) electrons. The van der Waals surface area contributed by atoms with Gasteiger partial charge in [0.15, 0.2) is 5.69 Å². The van der Waals surface area contributed by atoms with E-state index in [4.69, 9.17) is 5.11 Å². The quantitative estimate of drug-likeness (QED) is 0.764. The van der Waals surface area contributed by atoms with Crippen molar-refractivity contribution in [3.63, 3.8) is 0 Å². The second kappa shape index (κ2) is 5.96. The van der Waals surface area contributed by atoms with Crippen LogP contribution < -0.4 is 0 Å². The standard InChI is InChI=1S/C17H13N3O4/c1-10-4-2-5-11(8-10)15-14(17(23)24)18-19-20(15)13-7-3-6-12(9-13)16(21)22/h2-9H,1H3,(H,21,22)(H,23,24). The molecule has 0 saturated carbocycles. The lowest BCUT2D eigenvalue weighted by molar-refractivity contribution is 0.0683. The van der Waals surface area contributed by atoms with E-state index < -0.39 is 11.9 Å². The molecule has 0 aliphatic heterocycles. The highest BCUT2D eigenvalue weighted by atomic mass is 16.4. The zero-order chi connectivity index (χ0) is 17.3. The van der Waals surface area contributed by atoms with Crippen LogP contribution in [0.4, 0.5) is 0 Å². The monoisotopic (exact) mass is 323 g/mol. The van der Waals surface area contributed by atoms with Gasteiger partial charge >= 0.3 is 11.9 Å². The molecule has 0 spiro atoms. The van der Waals surface area contributed by atoms with Gasteiger partial charge in [0.1, 0.15) is 5.69 Å². The highest BCUT2D eigenvalue weighted by Gasteiger charge is 2.22. The smallest absolute Gasteiger partial charge is 0.358 e. The molecule has 2 aromatic carbocycles. The largest absolute Gasteiger partial charge is 0.478 e. The van der Waals surface area contributed by atoms with Crippen LogP contribution in [0.1, 0.15) is 26.4 Å². The molecule has 3 aromatic rings. The first-order chi connectivity index (χ1) is 11.5. The van der Waals surface area contributed by atoms with Gasteiger partial charge in [0.05, 0.1) is 11.3 Å². The minimum atomic E-state index is -1.20. The van der Waals surface area contributed by atoms with Crippen molar-refractivity contribution in [1.82, 2.24) is 15.0 Å². The van der Waals surface area contributed by atoms with E-state index in [9.17, 15) is 14.7 Å². The number of hydrogen-bond acceptors (Lipinski definition) is 4. The van der Waals surface area contributed by atoms with Crippen molar-refractivity contribution < 1.29 is 19.8 Å². The summed E-state index contributed by atoms with van der Waals surface area (Å²) < 4.78 is 1.34. The number of aryl methyl sites for hydroxylation is 1. The third-order valence-electron chi connectivity index (χ3n) is 3.50. The van der Waals surface area contributed by atoms with Crippen molar-refractivity contribution in [2.24, 2.45) is 0 Å². The van der Waals surface area contributed by atoms with Crippen LogP contribution in [-0.4, -0.2) is 37.1 Å². The Bertz CT molecular complexity index is 947. The van der Waals surface area contributed by atoms with Crippen LogP contribution in [0.15, 0.2) is 48.5 Å². The van der Waals surface area contributed by atoms with Crippen LogP contribution in [0.25, 0.3) is 16.9 Å². The first-order valence-corrected chi connectivity index (χ1v) is 7.07. The molecule has 0 amide bonds. The Morgan fingerprint density at radius 3 is 2.42 bits per heavy atom. The second-order valence-electron chi connectivity index (χ2n) is 5.23. The number of carbonyl (C=O) groups is 2. The molecule has 0 atom stereocenters. The molecule has 24 heavy (non-hydrogen) atoms. The number of aromatic nitrogens is 3. The predicted molar refractivity (Wildman–Crippen MR) is 85.5 cm³/mol. The summed E-state index contributed by atoms with van der Waals surface area (Å²) in [4.78, 5) is 22.6. The van der Waals surface area contributed by atoms with Gasteiger partial charge in [-0.3, -0.25) is 0 Å². The van der Waals surface area contributed by atoms with Crippen LogP contribution >= 0.6 is 0 Å². The number of carboxylic acid groups (broad SMARTS) is 2. The molecule has 1 heterocycles. The van der Waals surface area contributed by atoms with E-state index in [1.54, 1.807) is 24.3 Å². The summed E-state index contributed by atoms with van der Waals surface area (Å²) in [5, 5.41) is 26.2. The molecular weight excluding hydrogens is 310 g/mol. The Morgan fingerprint density at radius 2 is 1.75 bits per heavy atom. The highest BCUT2D eigenvalue weighted by molar-refractivity contribution is 5.93. The van der Waals surface area contributed by atoms with Gasteiger partial charge in [-0.15, -0.1) is 5.10 Å². The summed E-state index contributed by atoms with van der Waals surface area (Å²) in [7, 11) is 0. The number of aromatic carboxylic acids is 2. The van der Waals surface area contributed by atoms with E-state index in [1.807, 2.05) is 19.1 Å². The SMILES string of the molecule is Cc1cccc(-c2c(C(=O)O)nnn2-c2cccc(C(=O)O)c2)c1. The van der Waals surface area contributed by atoms with Crippen molar-refractivity contribution in [2.75, 3.05) is 0 Å². The first kappa shape index (κ1) is 15.4. The number of rotatable bonds is 4. The summed E-state index contributed by atoms with van der Waals surface area (Å²) in [5.41, 5.74) is 2.20. The Morgan fingerprint density at radius 1 is 1.00 bits per heavy atom. The van der Waals surface area contributed by atoms with E-state index in [0.29, 0.717) is 16.9 Å². The van der Waals surface area contributed by atoms with Gasteiger partial charge < -0.3 is 10.2 Å². The van der Waals surface area contributed by atoms with Crippen LogP contribution in [0.2, 0.25) is 0 Å². The predicted octanol–water partition coefficient (Wildman–Crippen LogP) is 2.64. The molecule has 1 aromatic heterocycles. The fourth-order valence-corrected chi connectivity index (χ4v) is 2.43. The first-order valence-electron chi connectivity index (χ1n) is 7.07. The molecule has 2 N–H and O–H groups in total. The lowest BCUT2D eigenvalue weighted by Crippen LogP contribution is -2.05. The molecule has 0 bridgehead atoms. The van der Waals surface area contributed by atoms with Crippen LogP contribution in [0, 0.1) is 6.92 Å². The molecule has 0 unspecified atom stereocenters. The van der Waals surface area contributed by atoms with E-state index in [-0.39, 0.29) is 11.3 Å². The van der Waals surface area contributed by atoms with Gasteiger partial charge in [-0.25, -0.2) is 14.3 Å². The maximum atomic E-state index is 11.5. The topological polar surface area (TPSA) is 105 Å². The lowest BCUT2D eigenvalue weighted by Gasteiger charge is -2.08. The van der Waals surface area contributed by atoms with Gasteiger partial charge in [-0.2, -0.15) is 0 Å². The van der Waals surface area contributed by atoms with Gasteiger partial charge in [-0.05, 0) is 31.2 Å². The highest BCUT2D eigenvalue weighted by Crippen LogP contribution is 2.26. The van der Waals surface area contributed by atoms with Gasteiger partial charge in [0.2, 0.25) is 0 Å². The molecule has 0 aliphatic carbocycles. The molecule has 0 fully saturated rings. The number of benzene rings is 2. The minimum Gasteiger partial charge on any atom is -0.478 e. The average Bonchev–Trinajstić information content (AvgIpc) is 3.00. The van der Waals surface area contributed by atoms with Gasteiger partial charge in [-0.1, -0.05) is 35.0 Å². The summed E-state index contributed by atoms with van der Waals surface area (Å²) in [5.74, 6) is -2.28. The molecule has 0 aliphatic rings. The number of carboxylic acids is 2. The zero-order valence-electron chi connectivity index (χ0n) is 12.7. The maximum absolute atomic E-state index is 11.5. The van der Waals surface area contributed by atoms with E-state index in [1.165, 1.54) is 16.8 Å². The molecule has 7 heteroatoms. The number of hydrogen-bond donors (Lipinski definition) is 2.